The van der Waals surface area contributed by atoms with Crippen molar-refractivity contribution in [1.82, 2.24) is 9.97 Å². The van der Waals surface area contributed by atoms with E-state index in [9.17, 15) is 0 Å². The molecule has 0 spiro atoms. The second-order valence-corrected chi connectivity index (χ2v) is 17.2. The third-order valence-electron chi connectivity index (χ3n) is 12.6. The number of aromatic nitrogens is 2. The van der Waals surface area contributed by atoms with Crippen LogP contribution in [0, 0.1) is 0 Å². The molecule has 2 aromatic heterocycles. The lowest BCUT2D eigenvalue weighted by atomic mass is 9.80. The van der Waals surface area contributed by atoms with Crippen molar-refractivity contribution in [3.63, 3.8) is 0 Å². The lowest BCUT2D eigenvalue weighted by Crippen LogP contribution is -2.15. The van der Waals surface area contributed by atoms with Gasteiger partial charge in [-0.1, -0.05) is 172 Å². The van der Waals surface area contributed by atoms with Gasteiger partial charge in [0, 0.05) is 41.9 Å². The van der Waals surface area contributed by atoms with Gasteiger partial charge >= 0.3 is 0 Å². The van der Waals surface area contributed by atoms with E-state index in [1.165, 1.54) is 86.6 Å². The first-order valence-corrected chi connectivity index (χ1v) is 20.8. The number of thiophene rings is 1. The summed E-state index contributed by atoms with van der Waals surface area (Å²) in [5.74, 6) is 0. The van der Waals surface area contributed by atoms with Crippen LogP contribution in [0.4, 0.5) is 0 Å². The van der Waals surface area contributed by atoms with Gasteiger partial charge in [0.25, 0.3) is 0 Å². The molecule has 0 N–H and O–H groups in total. The summed E-state index contributed by atoms with van der Waals surface area (Å²) >= 11 is 1.90. The fraction of sp³-hybridized carbons (Fsp3) is 0.0545. The monoisotopic (exact) mass is 756 g/mol. The highest BCUT2D eigenvalue weighted by atomic mass is 32.1. The lowest BCUT2D eigenvalue weighted by Gasteiger charge is -2.22. The van der Waals surface area contributed by atoms with Crippen LogP contribution in [0.2, 0.25) is 0 Å². The van der Waals surface area contributed by atoms with Crippen LogP contribution in [0.25, 0.3) is 109 Å². The Labute approximate surface area is 340 Å². The summed E-state index contributed by atoms with van der Waals surface area (Å²) in [5, 5.41) is 7.36. The Morgan fingerprint density at radius 1 is 0.397 bits per heavy atom. The maximum atomic E-state index is 5.19. The van der Waals surface area contributed by atoms with Crippen molar-refractivity contribution in [2.24, 2.45) is 0 Å². The van der Waals surface area contributed by atoms with E-state index in [2.05, 4.69) is 190 Å². The highest BCUT2D eigenvalue weighted by Gasteiger charge is 2.36. The topological polar surface area (TPSA) is 25.8 Å². The van der Waals surface area contributed by atoms with E-state index in [1.54, 1.807) is 0 Å². The summed E-state index contributed by atoms with van der Waals surface area (Å²) in [6.45, 7) is 4.76. The van der Waals surface area contributed by atoms with Gasteiger partial charge < -0.3 is 0 Å². The van der Waals surface area contributed by atoms with Gasteiger partial charge in [-0.25, -0.2) is 4.98 Å². The Hall–Kier alpha value is -6.94. The zero-order valence-corrected chi connectivity index (χ0v) is 32.9. The molecule has 2 heterocycles. The first kappa shape index (κ1) is 33.2. The molecule has 0 amide bonds. The molecular formula is C55H36N2S. The quantitative estimate of drug-likeness (QED) is 0.167. The maximum Gasteiger partial charge on any atom is 0.0979 e. The molecule has 2 nitrogen and oxygen atoms in total. The van der Waals surface area contributed by atoms with Crippen molar-refractivity contribution in [1.29, 1.82) is 0 Å². The van der Waals surface area contributed by atoms with Crippen molar-refractivity contribution >= 4 is 64.1 Å². The standard InChI is InChI=1S/C55H36N2S/c1-55(2)48-30-37(26-28-42(48)43-29-27-38(31-49(43)55)39-15-9-16-47-44-12-7-8-17-51(44)58-54(39)47)35-20-18-33(19-21-35)34-22-24-36(25-23-34)50-32-56-52-45-13-5-3-10-40(45)41-11-4-6-14-46(41)53(52)57-50/h3-32H,1-2H3. The van der Waals surface area contributed by atoms with Gasteiger partial charge in [0.15, 0.2) is 0 Å². The third kappa shape index (κ3) is 4.97. The van der Waals surface area contributed by atoms with Crippen molar-refractivity contribution in [2.45, 2.75) is 19.3 Å². The highest BCUT2D eigenvalue weighted by Crippen LogP contribution is 2.51. The second kappa shape index (κ2) is 12.5. The van der Waals surface area contributed by atoms with E-state index < -0.39 is 0 Å². The molecule has 0 radical (unpaired) electrons. The van der Waals surface area contributed by atoms with Crippen molar-refractivity contribution < 1.29 is 0 Å². The number of hydrogen-bond acceptors (Lipinski definition) is 3. The van der Waals surface area contributed by atoms with E-state index >= 15 is 0 Å². The zero-order valence-electron chi connectivity index (χ0n) is 32.1. The molecule has 0 saturated carbocycles. The molecule has 1 aliphatic carbocycles. The highest BCUT2D eigenvalue weighted by molar-refractivity contribution is 7.26. The van der Waals surface area contributed by atoms with Crippen LogP contribution in [-0.4, -0.2) is 9.97 Å². The fourth-order valence-electron chi connectivity index (χ4n) is 9.51. The van der Waals surface area contributed by atoms with E-state index in [-0.39, 0.29) is 5.41 Å². The first-order chi connectivity index (χ1) is 28.5. The van der Waals surface area contributed by atoms with Gasteiger partial charge in [0.1, 0.15) is 0 Å². The summed E-state index contributed by atoms with van der Waals surface area (Å²) in [4.78, 5) is 10.2. The molecule has 1 aliphatic rings. The second-order valence-electron chi connectivity index (χ2n) is 16.1. The van der Waals surface area contributed by atoms with Crippen LogP contribution >= 0.6 is 11.3 Å². The lowest BCUT2D eigenvalue weighted by molar-refractivity contribution is 0.661. The number of fused-ring (bicyclic) bond motifs is 12. The first-order valence-electron chi connectivity index (χ1n) is 20.0. The SMILES string of the molecule is CC1(C)c2cc(-c3ccc(-c4ccc(-c5cnc6c7ccccc7c7ccccc7c6n5)cc4)cc3)ccc2-c2ccc(-c3cccc4c3sc3ccccc34)cc21. The molecule has 0 bridgehead atoms. The van der Waals surface area contributed by atoms with Crippen molar-refractivity contribution in [3.05, 3.63) is 193 Å². The molecule has 3 heteroatoms. The van der Waals surface area contributed by atoms with E-state index in [0.717, 1.165) is 33.1 Å². The molecule has 0 aliphatic heterocycles. The largest absolute Gasteiger partial charge is 0.252 e. The summed E-state index contributed by atoms with van der Waals surface area (Å²) in [6, 6.07) is 64.4. The van der Waals surface area contributed by atoms with Crippen LogP contribution in [0.5, 0.6) is 0 Å². The minimum atomic E-state index is -0.122. The molecule has 58 heavy (non-hydrogen) atoms. The molecule has 0 atom stereocenters. The Bertz CT molecular complexity index is 3430. The number of rotatable bonds is 4. The summed E-state index contributed by atoms with van der Waals surface area (Å²) in [7, 11) is 0. The minimum Gasteiger partial charge on any atom is -0.252 e. The summed E-state index contributed by atoms with van der Waals surface area (Å²) < 4.78 is 2.70. The van der Waals surface area contributed by atoms with Crippen LogP contribution < -0.4 is 0 Å². The Kier molecular flexibility index (Phi) is 7.18. The van der Waals surface area contributed by atoms with E-state index in [1.807, 2.05) is 17.5 Å². The zero-order chi connectivity index (χ0) is 38.5. The van der Waals surface area contributed by atoms with Crippen molar-refractivity contribution in [2.75, 3.05) is 0 Å². The smallest absolute Gasteiger partial charge is 0.0979 e. The average molecular weight is 757 g/mol. The average Bonchev–Trinajstić information content (AvgIpc) is 3.78. The van der Waals surface area contributed by atoms with E-state index in [4.69, 9.17) is 9.97 Å². The van der Waals surface area contributed by atoms with Gasteiger partial charge in [0.05, 0.1) is 22.9 Å². The maximum absolute atomic E-state index is 5.19. The molecule has 11 aromatic rings. The Balaban J connectivity index is 0.833. The number of hydrogen-bond donors (Lipinski definition) is 0. The molecule has 0 unspecified atom stereocenters. The molecule has 0 saturated heterocycles. The molecule has 272 valence electrons. The normalized spacial score (nSPS) is 13.1. The number of benzene rings is 9. The van der Waals surface area contributed by atoms with Gasteiger partial charge in [0.2, 0.25) is 0 Å². The molecule has 12 rings (SSSR count). The predicted octanol–water partition coefficient (Wildman–Crippen LogP) is 15.3. The fourth-order valence-corrected chi connectivity index (χ4v) is 10.7. The van der Waals surface area contributed by atoms with E-state index in [0.29, 0.717) is 0 Å². The molecule has 9 aromatic carbocycles. The van der Waals surface area contributed by atoms with Gasteiger partial charge in [-0.2, -0.15) is 0 Å². The van der Waals surface area contributed by atoms with Crippen LogP contribution in [-0.2, 0) is 5.41 Å². The van der Waals surface area contributed by atoms with Crippen LogP contribution in [0.3, 0.4) is 0 Å². The predicted molar refractivity (Wildman–Crippen MR) is 247 cm³/mol. The number of nitrogens with zero attached hydrogens (tertiary/aromatic N) is 2. The van der Waals surface area contributed by atoms with Crippen LogP contribution in [0.15, 0.2) is 182 Å². The van der Waals surface area contributed by atoms with Crippen LogP contribution in [0.1, 0.15) is 25.0 Å². The molecular weight excluding hydrogens is 721 g/mol. The van der Waals surface area contributed by atoms with Gasteiger partial charge in [-0.05, 0) is 84.6 Å². The summed E-state index contributed by atoms with van der Waals surface area (Å²) in [5.41, 5.74) is 16.6. The van der Waals surface area contributed by atoms with Crippen molar-refractivity contribution in [3.8, 4) is 55.8 Å². The Morgan fingerprint density at radius 3 is 1.57 bits per heavy atom. The van der Waals surface area contributed by atoms with Gasteiger partial charge in [-0.3, -0.25) is 4.98 Å². The Morgan fingerprint density at radius 2 is 0.897 bits per heavy atom. The van der Waals surface area contributed by atoms with Gasteiger partial charge in [-0.15, -0.1) is 11.3 Å². The third-order valence-corrected chi connectivity index (χ3v) is 13.8. The molecule has 0 fully saturated rings. The summed E-state index contributed by atoms with van der Waals surface area (Å²) in [6.07, 6.45) is 1.91. The minimum absolute atomic E-state index is 0.122.